The molecule has 1 N–H and O–H groups in total. The van der Waals surface area contributed by atoms with E-state index >= 15 is 0 Å². The second kappa shape index (κ2) is 5.98. The highest BCUT2D eigenvalue weighted by molar-refractivity contribution is 7.96. The number of benzene rings is 1. The molecule has 0 aromatic heterocycles. The lowest BCUT2D eigenvalue weighted by Gasteiger charge is -2.45. The van der Waals surface area contributed by atoms with Gasteiger partial charge in [0.2, 0.25) is 5.91 Å². The van der Waals surface area contributed by atoms with E-state index in [0.29, 0.717) is 12.2 Å². The quantitative estimate of drug-likeness (QED) is 0.849. The predicted octanol–water partition coefficient (Wildman–Crippen LogP) is 2.06. The maximum atomic E-state index is 13.0. The summed E-state index contributed by atoms with van der Waals surface area (Å²) < 4.78 is 67.7. The van der Waals surface area contributed by atoms with Crippen LogP contribution >= 0.6 is 0 Å². The first-order chi connectivity index (χ1) is 12.0. The van der Waals surface area contributed by atoms with Gasteiger partial charge in [-0.1, -0.05) is 12.1 Å². The Kier molecular flexibility index (Phi) is 4.31. The van der Waals surface area contributed by atoms with Gasteiger partial charge in [-0.15, -0.1) is 0 Å². The van der Waals surface area contributed by atoms with E-state index in [9.17, 15) is 31.5 Å². The van der Waals surface area contributed by atoms with Crippen LogP contribution in [0.1, 0.15) is 24.8 Å². The van der Waals surface area contributed by atoms with Gasteiger partial charge < -0.3 is 14.7 Å². The normalized spacial score (nSPS) is 24.0. The maximum Gasteiger partial charge on any atom is 0.501 e. The number of ether oxygens (including phenoxy) is 1. The molecular formula is C16H16F3NO5S. The molecule has 3 rings (SSSR count). The Morgan fingerprint density at radius 3 is 2.31 bits per heavy atom. The van der Waals surface area contributed by atoms with Gasteiger partial charge in [0.1, 0.15) is 11.4 Å². The van der Waals surface area contributed by atoms with Crippen molar-refractivity contribution in [3.8, 4) is 5.75 Å². The molecule has 1 aromatic rings. The third-order valence-corrected chi connectivity index (χ3v) is 6.21. The third-order valence-electron chi connectivity index (χ3n) is 4.61. The molecule has 6 nitrogen and oxygen atoms in total. The molecule has 1 heterocycles. The van der Waals surface area contributed by atoms with Crippen LogP contribution in [-0.2, 0) is 20.2 Å². The number of alkyl halides is 3. The number of amides is 1. The molecule has 0 saturated carbocycles. The molecule has 1 saturated heterocycles. The molecular weight excluding hydrogens is 375 g/mol. The van der Waals surface area contributed by atoms with Crippen molar-refractivity contribution in [1.29, 1.82) is 0 Å². The molecule has 1 unspecified atom stereocenters. The molecule has 2 aliphatic rings. The van der Waals surface area contributed by atoms with Crippen molar-refractivity contribution in [3.63, 3.8) is 0 Å². The van der Waals surface area contributed by atoms with E-state index in [-0.39, 0.29) is 18.5 Å². The van der Waals surface area contributed by atoms with E-state index < -0.39 is 43.9 Å². The van der Waals surface area contributed by atoms with E-state index in [1.165, 1.54) is 31.4 Å². The van der Waals surface area contributed by atoms with E-state index in [2.05, 4.69) is 0 Å². The highest BCUT2D eigenvalue weighted by Gasteiger charge is 2.60. The summed E-state index contributed by atoms with van der Waals surface area (Å²) in [6, 6.07) is 5.84. The van der Waals surface area contributed by atoms with Crippen LogP contribution in [0.25, 0.3) is 0 Å². The lowest BCUT2D eigenvalue weighted by atomic mass is 9.77. The Morgan fingerprint density at radius 2 is 1.85 bits per heavy atom. The maximum absolute atomic E-state index is 13.0. The first kappa shape index (κ1) is 18.7. The predicted molar refractivity (Wildman–Crippen MR) is 84.5 cm³/mol. The van der Waals surface area contributed by atoms with Crippen molar-refractivity contribution >= 4 is 15.7 Å². The molecule has 1 aliphatic heterocycles. The summed E-state index contributed by atoms with van der Waals surface area (Å²) in [5.74, 6) is -0.0518. The molecule has 0 bridgehead atoms. The van der Waals surface area contributed by atoms with Gasteiger partial charge in [0.05, 0.1) is 17.7 Å². The Bertz CT molecular complexity index is 876. The minimum atomic E-state index is -5.64. The number of carbonyl (C=O) groups is 1. The zero-order valence-corrected chi connectivity index (χ0v) is 14.5. The first-order valence-electron chi connectivity index (χ1n) is 7.74. The summed E-state index contributed by atoms with van der Waals surface area (Å²) >= 11 is 0. The fourth-order valence-electron chi connectivity index (χ4n) is 3.25. The highest BCUT2D eigenvalue weighted by atomic mass is 32.2. The van der Waals surface area contributed by atoms with Crippen LogP contribution < -0.4 is 4.74 Å². The van der Waals surface area contributed by atoms with Gasteiger partial charge in [-0.2, -0.15) is 13.2 Å². The molecule has 1 fully saturated rings. The molecule has 1 atom stereocenters. The minimum absolute atomic E-state index is 0.0590. The third kappa shape index (κ3) is 2.67. The second-order valence-electron chi connectivity index (χ2n) is 6.14. The molecule has 1 aromatic carbocycles. The Morgan fingerprint density at radius 1 is 1.23 bits per heavy atom. The zero-order chi connectivity index (χ0) is 19.3. The average Bonchev–Trinajstić information content (AvgIpc) is 2.96. The van der Waals surface area contributed by atoms with E-state index in [4.69, 9.17) is 4.74 Å². The number of nitrogens with zero attached hydrogens (tertiary/aromatic N) is 1. The van der Waals surface area contributed by atoms with Crippen molar-refractivity contribution in [2.45, 2.75) is 30.4 Å². The van der Waals surface area contributed by atoms with Crippen LogP contribution in [0.4, 0.5) is 13.2 Å². The number of hydrogen-bond acceptors (Lipinski definition) is 5. The van der Waals surface area contributed by atoms with Crippen molar-refractivity contribution in [3.05, 3.63) is 40.4 Å². The number of sulfone groups is 1. The number of aliphatic hydroxyl groups is 1. The highest BCUT2D eigenvalue weighted by Crippen LogP contribution is 2.53. The van der Waals surface area contributed by atoms with Crippen LogP contribution in [0, 0.1) is 0 Å². The van der Waals surface area contributed by atoms with Crippen LogP contribution in [0.5, 0.6) is 5.75 Å². The number of likely N-dealkylation sites (tertiary alicyclic amines) is 1. The van der Waals surface area contributed by atoms with Crippen molar-refractivity contribution in [2.24, 2.45) is 0 Å². The molecule has 1 aliphatic carbocycles. The summed E-state index contributed by atoms with van der Waals surface area (Å²) in [5, 5.41) is 11.0. The van der Waals surface area contributed by atoms with Crippen LogP contribution in [-0.4, -0.2) is 43.5 Å². The zero-order valence-electron chi connectivity index (χ0n) is 13.7. The monoisotopic (exact) mass is 391 g/mol. The van der Waals surface area contributed by atoms with Crippen LogP contribution in [0.2, 0.25) is 0 Å². The number of methoxy groups -OCH3 is 1. The number of rotatable bonds is 4. The van der Waals surface area contributed by atoms with Gasteiger partial charge in [-0.25, -0.2) is 8.42 Å². The van der Waals surface area contributed by atoms with E-state index in [1.807, 2.05) is 0 Å². The standard InChI is InChI=1S/C16H16F3NO5S/c1-25-11-6-4-10(5-7-11)15(22)9-12(26(23,24)16(17,18)19)14(15)20-8-2-3-13(20)21/h4-7,22H,2-3,8-9H2,1H3. The fraction of sp³-hybridized carbons (Fsp3) is 0.438. The summed E-state index contributed by atoms with van der Waals surface area (Å²) in [6.07, 6.45) is -0.289. The Labute approximate surface area is 147 Å². The number of carbonyl (C=O) groups excluding carboxylic acids is 1. The SMILES string of the molecule is COc1ccc(C2(O)CC(S(=O)(=O)C(F)(F)F)=C2N2CCCC2=O)cc1. The fourth-order valence-corrected chi connectivity index (χ4v) is 4.46. The molecule has 10 heteroatoms. The van der Waals surface area contributed by atoms with Crippen LogP contribution in [0.3, 0.4) is 0 Å². The summed E-state index contributed by atoms with van der Waals surface area (Å²) in [6.45, 7) is 0.0590. The topological polar surface area (TPSA) is 83.9 Å². The van der Waals surface area contributed by atoms with Gasteiger partial charge in [-0.3, -0.25) is 4.79 Å². The van der Waals surface area contributed by atoms with Crippen molar-refractivity contribution < 1.29 is 36.2 Å². The van der Waals surface area contributed by atoms with Gasteiger partial charge in [0.15, 0.2) is 0 Å². The average molecular weight is 391 g/mol. The summed E-state index contributed by atoms with van der Waals surface area (Å²) in [5.41, 5.74) is -7.80. The minimum Gasteiger partial charge on any atom is -0.497 e. The molecule has 0 spiro atoms. The lowest BCUT2D eigenvalue weighted by Crippen LogP contribution is -2.50. The van der Waals surface area contributed by atoms with Gasteiger partial charge >= 0.3 is 5.51 Å². The molecule has 0 radical (unpaired) electrons. The Hall–Kier alpha value is -2.07. The Balaban J connectivity index is 2.14. The summed E-state index contributed by atoms with van der Waals surface area (Å²) in [4.78, 5) is 12.0. The van der Waals surface area contributed by atoms with Crippen molar-refractivity contribution in [1.82, 2.24) is 4.90 Å². The van der Waals surface area contributed by atoms with E-state index in [0.717, 1.165) is 4.90 Å². The lowest BCUT2D eigenvalue weighted by molar-refractivity contribution is -0.128. The smallest absolute Gasteiger partial charge is 0.497 e. The van der Waals surface area contributed by atoms with Crippen LogP contribution in [0.15, 0.2) is 34.9 Å². The molecule has 1 amide bonds. The number of hydrogen-bond donors (Lipinski definition) is 1. The van der Waals surface area contributed by atoms with Gasteiger partial charge in [0.25, 0.3) is 9.84 Å². The van der Waals surface area contributed by atoms with Gasteiger partial charge in [0, 0.05) is 19.4 Å². The first-order valence-corrected chi connectivity index (χ1v) is 9.23. The summed E-state index contributed by atoms with van der Waals surface area (Å²) in [7, 11) is -4.21. The van der Waals surface area contributed by atoms with E-state index in [1.54, 1.807) is 0 Å². The number of halogens is 3. The van der Waals surface area contributed by atoms with Gasteiger partial charge in [-0.05, 0) is 24.1 Å². The largest absolute Gasteiger partial charge is 0.501 e. The second-order valence-corrected chi connectivity index (χ2v) is 8.10. The van der Waals surface area contributed by atoms with Crippen molar-refractivity contribution in [2.75, 3.05) is 13.7 Å². The molecule has 26 heavy (non-hydrogen) atoms. The molecule has 142 valence electrons.